The van der Waals surface area contributed by atoms with Gasteiger partial charge in [0.25, 0.3) is 11.8 Å². The highest BCUT2D eigenvalue weighted by Crippen LogP contribution is 2.18. The maximum atomic E-state index is 12.4. The Bertz CT molecular complexity index is 981. The largest absolute Gasteiger partial charge is 0.471 e. The van der Waals surface area contributed by atoms with E-state index in [-0.39, 0.29) is 23.8 Å². The van der Waals surface area contributed by atoms with Crippen LogP contribution in [0.25, 0.3) is 0 Å². The van der Waals surface area contributed by atoms with Crippen LogP contribution in [0.15, 0.2) is 42.7 Å². The van der Waals surface area contributed by atoms with Gasteiger partial charge >= 0.3 is 0 Å². The number of carbonyl (C=O) groups excluding carboxylic acids is 2. The lowest BCUT2D eigenvalue weighted by atomic mass is 10.3. The van der Waals surface area contributed by atoms with Crippen LogP contribution in [-0.2, 0) is 13.3 Å². The van der Waals surface area contributed by atoms with Crippen molar-refractivity contribution in [2.45, 2.75) is 20.2 Å². The van der Waals surface area contributed by atoms with E-state index in [1.165, 1.54) is 21.6 Å². The summed E-state index contributed by atoms with van der Waals surface area (Å²) in [5.41, 5.74) is 5.68. The molecule has 1 aromatic carbocycles. The summed E-state index contributed by atoms with van der Waals surface area (Å²) in [6.45, 7) is 2.49. The molecule has 9 nitrogen and oxygen atoms in total. The minimum absolute atomic E-state index is 0.00563. The smallest absolute Gasteiger partial charge is 0.276 e. The van der Waals surface area contributed by atoms with E-state index in [0.29, 0.717) is 17.3 Å². The average molecular weight is 389 g/mol. The number of nitrogens with zero attached hydrogens (tertiary/aromatic N) is 4. The first-order valence-electron chi connectivity index (χ1n) is 8.06. The third-order valence-electron chi connectivity index (χ3n) is 3.60. The quantitative estimate of drug-likeness (QED) is 0.643. The van der Waals surface area contributed by atoms with Gasteiger partial charge in [-0.05, 0) is 31.2 Å². The predicted molar refractivity (Wildman–Crippen MR) is 98.7 cm³/mol. The van der Waals surface area contributed by atoms with Crippen molar-refractivity contribution in [3.63, 3.8) is 0 Å². The number of aryl methyl sites for hydroxylation is 1. The Kier molecular flexibility index (Phi) is 5.41. The van der Waals surface area contributed by atoms with E-state index in [4.69, 9.17) is 22.1 Å². The normalized spacial score (nSPS) is 10.6. The summed E-state index contributed by atoms with van der Waals surface area (Å²) in [5.74, 6) is -0.630. The molecule has 3 rings (SSSR count). The molecule has 3 aromatic rings. The number of rotatable bonds is 7. The van der Waals surface area contributed by atoms with Crippen molar-refractivity contribution in [2.75, 3.05) is 5.32 Å². The fraction of sp³-hybridized carbons (Fsp3) is 0.176. The van der Waals surface area contributed by atoms with E-state index in [0.717, 1.165) is 0 Å². The third-order valence-corrected chi connectivity index (χ3v) is 3.84. The van der Waals surface area contributed by atoms with Crippen LogP contribution in [0.5, 0.6) is 5.75 Å². The number of hydrogen-bond acceptors (Lipinski definition) is 5. The van der Waals surface area contributed by atoms with Gasteiger partial charge < -0.3 is 15.8 Å². The average Bonchev–Trinajstić information content (AvgIpc) is 3.27. The lowest BCUT2D eigenvalue weighted by Gasteiger charge is -2.06. The zero-order valence-corrected chi connectivity index (χ0v) is 15.2. The van der Waals surface area contributed by atoms with E-state index < -0.39 is 11.8 Å². The van der Waals surface area contributed by atoms with Gasteiger partial charge in [-0.15, -0.1) is 0 Å². The molecule has 27 heavy (non-hydrogen) atoms. The lowest BCUT2D eigenvalue weighted by molar-refractivity contribution is 0.0995. The van der Waals surface area contributed by atoms with Crippen LogP contribution in [0.3, 0.4) is 0 Å². The van der Waals surface area contributed by atoms with Crippen molar-refractivity contribution < 1.29 is 14.3 Å². The second-order valence-corrected chi connectivity index (χ2v) is 5.97. The van der Waals surface area contributed by atoms with E-state index >= 15 is 0 Å². The molecule has 10 heteroatoms. The molecule has 2 amide bonds. The summed E-state index contributed by atoms with van der Waals surface area (Å²) in [6, 6.07) is 8.48. The highest BCUT2D eigenvalue weighted by Gasteiger charge is 2.18. The summed E-state index contributed by atoms with van der Waals surface area (Å²) in [5, 5.41) is 11.3. The van der Waals surface area contributed by atoms with Crippen LogP contribution < -0.4 is 15.8 Å². The Morgan fingerprint density at radius 3 is 2.78 bits per heavy atom. The van der Waals surface area contributed by atoms with Crippen LogP contribution in [0.2, 0.25) is 5.02 Å². The number of anilines is 1. The van der Waals surface area contributed by atoms with Gasteiger partial charge in [-0.2, -0.15) is 10.2 Å². The maximum absolute atomic E-state index is 12.4. The number of halogens is 1. The fourth-order valence-corrected chi connectivity index (χ4v) is 2.48. The number of nitrogens with one attached hydrogen (secondary N) is 1. The number of benzene rings is 1. The zero-order valence-electron chi connectivity index (χ0n) is 14.4. The summed E-state index contributed by atoms with van der Waals surface area (Å²) in [6.07, 6.45) is 3.14. The van der Waals surface area contributed by atoms with Crippen molar-refractivity contribution in [3.05, 3.63) is 59.1 Å². The summed E-state index contributed by atoms with van der Waals surface area (Å²) < 4.78 is 8.53. The molecule has 0 aliphatic carbocycles. The first-order chi connectivity index (χ1) is 13.0. The van der Waals surface area contributed by atoms with Gasteiger partial charge in [0, 0.05) is 24.0 Å². The van der Waals surface area contributed by atoms with Gasteiger partial charge in [0.2, 0.25) is 0 Å². The molecular formula is C17H17ClN6O3. The number of aromatic nitrogens is 4. The van der Waals surface area contributed by atoms with Crippen molar-refractivity contribution >= 4 is 29.1 Å². The van der Waals surface area contributed by atoms with Crippen LogP contribution in [0.4, 0.5) is 5.69 Å². The zero-order chi connectivity index (χ0) is 19.4. The second kappa shape index (κ2) is 7.92. The molecule has 0 spiro atoms. The number of nitrogens with two attached hydrogens (primary N) is 1. The number of hydrogen-bond donors (Lipinski definition) is 2. The molecule has 0 atom stereocenters. The van der Waals surface area contributed by atoms with Crippen molar-refractivity contribution in [1.82, 2.24) is 19.6 Å². The molecule has 3 N–H and O–H groups in total. The van der Waals surface area contributed by atoms with Gasteiger partial charge in [-0.1, -0.05) is 17.7 Å². The van der Waals surface area contributed by atoms with Crippen molar-refractivity contribution in [2.24, 2.45) is 5.73 Å². The van der Waals surface area contributed by atoms with E-state index in [2.05, 4.69) is 15.5 Å². The van der Waals surface area contributed by atoms with Crippen LogP contribution in [-0.4, -0.2) is 31.4 Å². The van der Waals surface area contributed by atoms with E-state index in [1.54, 1.807) is 30.5 Å². The van der Waals surface area contributed by atoms with Crippen LogP contribution >= 0.6 is 11.6 Å². The minimum atomic E-state index is -0.724. The first-order valence-corrected chi connectivity index (χ1v) is 8.44. The molecule has 0 aliphatic rings. The number of primary amides is 1. The molecular weight excluding hydrogens is 372 g/mol. The number of ether oxygens (including phenoxy) is 1. The van der Waals surface area contributed by atoms with Gasteiger partial charge in [-0.25, -0.2) is 4.68 Å². The highest BCUT2D eigenvalue weighted by molar-refractivity contribution is 6.30. The monoisotopic (exact) mass is 388 g/mol. The molecule has 0 aliphatic heterocycles. The van der Waals surface area contributed by atoms with Crippen LogP contribution in [0.1, 0.15) is 27.9 Å². The minimum Gasteiger partial charge on any atom is -0.471 e. The van der Waals surface area contributed by atoms with E-state index in [9.17, 15) is 9.59 Å². The third kappa shape index (κ3) is 4.45. The Labute approximate surface area is 159 Å². The topological polar surface area (TPSA) is 117 Å². The molecule has 0 unspecified atom stereocenters. The maximum Gasteiger partial charge on any atom is 0.276 e. The molecule has 2 aromatic heterocycles. The van der Waals surface area contributed by atoms with Crippen molar-refractivity contribution in [3.8, 4) is 5.75 Å². The SMILES string of the molecule is CCn1cc(NC(=O)c2ccn(COc3cccc(Cl)c3)n2)c(C(N)=O)n1. The number of amides is 2. The Hall–Kier alpha value is -3.33. The van der Waals surface area contributed by atoms with Gasteiger partial charge in [0.15, 0.2) is 18.1 Å². The molecule has 0 saturated carbocycles. The van der Waals surface area contributed by atoms with Gasteiger partial charge in [0.1, 0.15) is 5.75 Å². The molecule has 0 fully saturated rings. The second-order valence-electron chi connectivity index (χ2n) is 5.54. The molecule has 140 valence electrons. The molecule has 0 saturated heterocycles. The first kappa shape index (κ1) is 18.5. The lowest BCUT2D eigenvalue weighted by Crippen LogP contribution is -2.18. The van der Waals surface area contributed by atoms with Gasteiger partial charge in [0.05, 0.1) is 5.69 Å². The molecule has 0 bridgehead atoms. The van der Waals surface area contributed by atoms with E-state index in [1.807, 2.05) is 6.92 Å². The fourth-order valence-electron chi connectivity index (χ4n) is 2.30. The summed E-state index contributed by atoms with van der Waals surface area (Å²) >= 11 is 5.90. The Balaban J connectivity index is 1.66. The van der Waals surface area contributed by atoms with Gasteiger partial charge in [-0.3, -0.25) is 14.3 Å². The predicted octanol–water partition coefficient (Wildman–Crippen LogP) is 2.14. The Morgan fingerprint density at radius 1 is 1.26 bits per heavy atom. The standard InChI is InChI=1S/C17H17ClN6O3/c1-2-23-9-14(15(22-23)16(19)25)20-17(26)13-6-7-24(21-13)10-27-12-5-3-4-11(18)8-12/h3-9H,2,10H2,1H3,(H2,19,25)(H,20,26). The summed E-state index contributed by atoms with van der Waals surface area (Å²) in [4.78, 5) is 23.9. The van der Waals surface area contributed by atoms with Crippen LogP contribution in [0, 0.1) is 0 Å². The number of carbonyl (C=O) groups is 2. The summed E-state index contributed by atoms with van der Waals surface area (Å²) in [7, 11) is 0. The highest BCUT2D eigenvalue weighted by atomic mass is 35.5. The van der Waals surface area contributed by atoms with Crippen molar-refractivity contribution in [1.29, 1.82) is 0 Å². The Morgan fingerprint density at radius 2 is 2.07 bits per heavy atom. The molecule has 2 heterocycles. The molecule has 0 radical (unpaired) electrons.